The van der Waals surface area contributed by atoms with Crippen LogP contribution in [0.3, 0.4) is 0 Å². The zero-order valence-electron chi connectivity index (χ0n) is 11.5. The summed E-state index contributed by atoms with van der Waals surface area (Å²) in [6.45, 7) is 4.56. The molecule has 1 N–H and O–H groups in total. The first-order valence-electron chi connectivity index (χ1n) is 6.67. The van der Waals surface area contributed by atoms with Crippen molar-refractivity contribution in [3.8, 4) is 5.88 Å². The Balaban J connectivity index is 1.99. The quantitative estimate of drug-likeness (QED) is 0.809. The van der Waals surface area contributed by atoms with E-state index >= 15 is 0 Å². The van der Waals surface area contributed by atoms with Crippen LogP contribution >= 0.6 is 0 Å². The lowest BCUT2D eigenvalue weighted by molar-refractivity contribution is 0.0660. The molecular formula is C13H21N3O3. The fourth-order valence-corrected chi connectivity index (χ4v) is 1.97. The number of hydrogen-bond donors (Lipinski definition) is 1. The molecule has 1 aromatic heterocycles. The summed E-state index contributed by atoms with van der Waals surface area (Å²) in [4.78, 5) is 8.65. The van der Waals surface area contributed by atoms with Gasteiger partial charge in [0.25, 0.3) is 0 Å². The number of anilines is 1. The highest BCUT2D eigenvalue weighted by atomic mass is 16.5. The number of hydrogen-bond acceptors (Lipinski definition) is 6. The van der Waals surface area contributed by atoms with Gasteiger partial charge in [0.2, 0.25) is 5.88 Å². The second-order valence-electron chi connectivity index (χ2n) is 4.42. The van der Waals surface area contributed by atoms with E-state index in [4.69, 9.17) is 14.2 Å². The third kappa shape index (κ3) is 4.33. The summed E-state index contributed by atoms with van der Waals surface area (Å²) in [5.41, 5.74) is 0. The van der Waals surface area contributed by atoms with Crippen molar-refractivity contribution in [1.29, 1.82) is 0 Å². The van der Waals surface area contributed by atoms with E-state index in [0.717, 1.165) is 31.8 Å². The molecule has 2 heterocycles. The predicted octanol–water partition coefficient (Wildman–Crippen LogP) is 1.61. The van der Waals surface area contributed by atoms with E-state index in [1.54, 1.807) is 13.2 Å². The largest absolute Gasteiger partial charge is 0.475 e. The maximum atomic E-state index is 5.69. The molecule has 1 fully saturated rings. The first-order valence-corrected chi connectivity index (χ1v) is 6.67. The highest BCUT2D eigenvalue weighted by Gasteiger charge is 2.16. The Morgan fingerprint density at radius 2 is 2.37 bits per heavy atom. The summed E-state index contributed by atoms with van der Waals surface area (Å²) >= 11 is 0. The molecule has 0 bridgehead atoms. The van der Waals surface area contributed by atoms with Crippen molar-refractivity contribution in [3.63, 3.8) is 0 Å². The van der Waals surface area contributed by atoms with Crippen molar-refractivity contribution in [2.75, 3.05) is 32.2 Å². The van der Waals surface area contributed by atoms with Crippen LogP contribution in [0.1, 0.15) is 25.6 Å². The summed E-state index contributed by atoms with van der Waals surface area (Å²) in [6.07, 6.45) is 2.34. The minimum atomic E-state index is 0.184. The van der Waals surface area contributed by atoms with Crippen LogP contribution in [0.25, 0.3) is 0 Å². The zero-order chi connectivity index (χ0) is 13.5. The molecular weight excluding hydrogens is 246 g/mol. The van der Waals surface area contributed by atoms with Gasteiger partial charge in [-0.05, 0) is 19.8 Å². The van der Waals surface area contributed by atoms with Crippen LogP contribution in [-0.4, -0.2) is 42.9 Å². The summed E-state index contributed by atoms with van der Waals surface area (Å²) in [7, 11) is 1.62. The monoisotopic (exact) mass is 267 g/mol. The van der Waals surface area contributed by atoms with Gasteiger partial charge in [0.15, 0.2) is 5.82 Å². The Bertz CT molecular complexity index is 370. The van der Waals surface area contributed by atoms with Gasteiger partial charge in [0.05, 0.1) is 6.10 Å². The number of nitrogens with one attached hydrogen (secondary N) is 1. The molecule has 6 nitrogen and oxygen atoms in total. The molecule has 0 saturated carbocycles. The van der Waals surface area contributed by atoms with E-state index in [-0.39, 0.29) is 6.10 Å². The standard InChI is InChI=1S/C13H21N3O3/c1-3-14-11-7-13(16-12(15-11)9-17-2)19-8-10-5-4-6-18-10/h7,10H,3-6,8-9H2,1-2H3,(H,14,15,16). The molecule has 1 saturated heterocycles. The van der Waals surface area contributed by atoms with Crippen LogP contribution in [0.2, 0.25) is 0 Å². The molecule has 0 radical (unpaired) electrons. The summed E-state index contributed by atoms with van der Waals surface area (Å²) in [5, 5.41) is 3.16. The minimum Gasteiger partial charge on any atom is -0.475 e. The predicted molar refractivity (Wildman–Crippen MR) is 71.4 cm³/mol. The molecule has 1 aliphatic heterocycles. The van der Waals surface area contributed by atoms with Crippen LogP contribution in [0.4, 0.5) is 5.82 Å². The van der Waals surface area contributed by atoms with Crippen molar-refractivity contribution >= 4 is 5.82 Å². The van der Waals surface area contributed by atoms with Gasteiger partial charge in [0.1, 0.15) is 19.0 Å². The maximum Gasteiger partial charge on any atom is 0.218 e. The van der Waals surface area contributed by atoms with Crippen molar-refractivity contribution in [1.82, 2.24) is 9.97 Å². The van der Waals surface area contributed by atoms with Crippen LogP contribution in [0, 0.1) is 0 Å². The lowest BCUT2D eigenvalue weighted by atomic mass is 10.2. The lowest BCUT2D eigenvalue weighted by Gasteiger charge is -2.12. The highest BCUT2D eigenvalue weighted by Crippen LogP contribution is 2.17. The normalized spacial score (nSPS) is 18.5. The molecule has 1 aromatic rings. The molecule has 6 heteroatoms. The Hall–Kier alpha value is -1.40. The molecule has 1 unspecified atom stereocenters. The summed E-state index contributed by atoms with van der Waals surface area (Å²) in [5.74, 6) is 1.93. The second-order valence-corrected chi connectivity index (χ2v) is 4.42. The van der Waals surface area contributed by atoms with Crippen molar-refractivity contribution in [3.05, 3.63) is 11.9 Å². The lowest BCUT2D eigenvalue weighted by Crippen LogP contribution is -2.17. The second kappa shape index (κ2) is 7.25. The fourth-order valence-electron chi connectivity index (χ4n) is 1.97. The van der Waals surface area contributed by atoms with Crippen molar-refractivity contribution in [2.45, 2.75) is 32.5 Å². The molecule has 0 amide bonds. The Morgan fingerprint density at radius 1 is 1.47 bits per heavy atom. The van der Waals surface area contributed by atoms with Crippen molar-refractivity contribution in [2.24, 2.45) is 0 Å². The number of nitrogens with zero attached hydrogens (tertiary/aromatic N) is 2. The number of rotatable bonds is 7. The van der Waals surface area contributed by atoms with E-state index in [1.165, 1.54) is 0 Å². The minimum absolute atomic E-state index is 0.184. The first kappa shape index (κ1) is 14.0. The molecule has 106 valence electrons. The van der Waals surface area contributed by atoms with E-state index in [9.17, 15) is 0 Å². The summed E-state index contributed by atoms with van der Waals surface area (Å²) in [6, 6.07) is 1.80. The van der Waals surface area contributed by atoms with Gasteiger partial charge < -0.3 is 19.5 Å². The average molecular weight is 267 g/mol. The SMILES string of the molecule is CCNc1cc(OCC2CCCO2)nc(COC)n1. The molecule has 2 rings (SSSR count). The van der Waals surface area contributed by atoms with E-state index < -0.39 is 0 Å². The highest BCUT2D eigenvalue weighted by molar-refractivity contribution is 5.38. The first-order chi connectivity index (χ1) is 9.31. The Kier molecular flexibility index (Phi) is 5.35. The number of aromatic nitrogens is 2. The zero-order valence-corrected chi connectivity index (χ0v) is 11.5. The number of ether oxygens (including phenoxy) is 3. The van der Waals surface area contributed by atoms with Crippen LogP contribution in [0.5, 0.6) is 5.88 Å². The molecule has 0 aromatic carbocycles. The average Bonchev–Trinajstić information content (AvgIpc) is 2.90. The third-order valence-electron chi connectivity index (χ3n) is 2.82. The van der Waals surface area contributed by atoms with Crippen molar-refractivity contribution < 1.29 is 14.2 Å². The Labute approximate surface area is 113 Å². The van der Waals surface area contributed by atoms with Gasteiger partial charge in [-0.15, -0.1) is 0 Å². The van der Waals surface area contributed by atoms with E-state index in [2.05, 4.69) is 15.3 Å². The summed E-state index contributed by atoms with van der Waals surface area (Å²) < 4.78 is 16.3. The molecule has 1 aliphatic rings. The van der Waals surface area contributed by atoms with Crippen LogP contribution in [0.15, 0.2) is 6.07 Å². The smallest absolute Gasteiger partial charge is 0.218 e. The molecule has 0 spiro atoms. The maximum absolute atomic E-state index is 5.69. The van der Waals surface area contributed by atoms with Gasteiger partial charge >= 0.3 is 0 Å². The van der Waals surface area contributed by atoms with Gasteiger partial charge in [-0.25, -0.2) is 4.98 Å². The van der Waals surface area contributed by atoms with E-state index in [1.807, 2.05) is 6.92 Å². The third-order valence-corrected chi connectivity index (χ3v) is 2.82. The fraction of sp³-hybridized carbons (Fsp3) is 0.692. The topological polar surface area (TPSA) is 65.5 Å². The van der Waals surface area contributed by atoms with Crippen LogP contribution < -0.4 is 10.1 Å². The molecule has 1 atom stereocenters. The van der Waals surface area contributed by atoms with Crippen LogP contribution in [-0.2, 0) is 16.1 Å². The van der Waals surface area contributed by atoms with E-state index in [0.29, 0.717) is 24.9 Å². The van der Waals surface area contributed by atoms with Gasteiger partial charge in [-0.2, -0.15) is 4.98 Å². The van der Waals surface area contributed by atoms with Gasteiger partial charge in [-0.3, -0.25) is 0 Å². The van der Waals surface area contributed by atoms with Gasteiger partial charge in [0, 0.05) is 26.3 Å². The molecule has 19 heavy (non-hydrogen) atoms. The van der Waals surface area contributed by atoms with Gasteiger partial charge in [-0.1, -0.05) is 0 Å². The Morgan fingerprint density at radius 3 is 3.05 bits per heavy atom. The number of methoxy groups -OCH3 is 1. The molecule has 0 aliphatic carbocycles.